The summed E-state index contributed by atoms with van der Waals surface area (Å²) in [6, 6.07) is 21.0. The van der Waals surface area contributed by atoms with E-state index in [1.165, 1.54) is 12.1 Å². The molecule has 5 nitrogen and oxygen atoms in total. The molecule has 0 N–H and O–H groups in total. The molecule has 0 atom stereocenters. The Bertz CT molecular complexity index is 1120. The molecule has 0 spiro atoms. The minimum Gasteiger partial charge on any atom is -0.488 e. The number of hydrogen-bond acceptors (Lipinski definition) is 4. The Hall–Kier alpha value is -3.14. The molecule has 0 aliphatic rings. The van der Waals surface area contributed by atoms with E-state index in [9.17, 15) is 15.4 Å². The number of nitro benzene ring substituents is 1. The van der Waals surface area contributed by atoms with Crippen LogP contribution in [0.4, 0.5) is 5.69 Å². The normalized spacial score (nSPS) is 11.0. The molecular weight excluding hydrogens is 456 g/mol. The molecule has 29 heavy (non-hydrogen) atoms. The molecule has 144 valence electrons. The zero-order chi connectivity index (χ0) is 20.8. The first kappa shape index (κ1) is 20.6. The van der Waals surface area contributed by atoms with Gasteiger partial charge in [0, 0.05) is 17.2 Å². The van der Waals surface area contributed by atoms with Crippen molar-refractivity contribution in [2.75, 3.05) is 0 Å². The maximum atomic E-state index is 10.7. The molecule has 0 bridgehead atoms. The molecule has 0 aliphatic carbocycles. The molecule has 3 aromatic rings. The fourth-order valence-electron chi connectivity index (χ4n) is 2.60. The average molecular weight is 470 g/mol. The number of nitro groups is 1. The van der Waals surface area contributed by atoms with Crippen LogP contribution in [0.1, 0.15) is 16.7 Å². The van der Waals surface area contributed by atoms with Crippen molar-refractivity contribution in [1.29, 1.82) is 5.26 Å². The zero-order valence-electron chi connectivity index (χ0n) is 15.0. The van der Waals surface area contributed by atoms with Crippen LogP contribution in [-0.2, 0) is 6.61 Å². The average Bonchev–Trinajstić information content (AvgIpc) is 2.71. The van der Waals surface area contributed by atoms with Gasteiger partial charge in [0.15, 0.2) is 0 Å². The van der Waals surface area contributed by atoms with E-state index in [1.807, 2.05) is 18.2 Å². The van der Waals surface area contributed by atoms with Crippen LogP contribution in [0, 0.1) is 21.4 Å². The Labute approximate surface area is 181 Å². The Morgan fingerprint density at radius 2 is 1.93 bits per heavy atom. The number of non-ortho nitro benzene ring substituents is 1. The second kappa shape index (κ2) is 9.37. The van der Waals surface area contributed by atoms with Crippen molar-refractivity contribution in [3.63, 3.8) is 0 Å². The van der Waals surface area contributed by atoms with Crippen LogP contribution in [0.3, 0.4) is 0 Å². The van der Waals surface area contributed by atoms with Gasteiger partial charge in [0.05, 0.1) is 21.0 Å². The third kappa shape index (κ3) is 5.44. The predicted octanol–water partition coefficient (Wildman–Crippen LogP) is 6.65. The molecule has 3 rings (SSSR count). The third-order valence-electron chi connectivity index (χ3n) is 4.06. The molecule has 3 aromatic carbocycles. The molecule has 0 amide bonds. The first-order valence-electron chi connectivity index (χ1n) is 8.49. The van der Waals surface area contributed by atoms with Gasteiger partial charge in [-0.15, -0.1) is 0 Å². The Kier molecular flexibility index (Phi) is 6.65. The van der Waals surface area contributed by atoms with Crippen molar-refractivity contribution in [2.24, 2.45) is 0 Å². The van der Waals surface area contributed by atoms with Crippen molar-refractivity contribution in [3.05, 3.63) is 103 Å². The Morgan fingerprint density at radius 3 is 2.55 bits per heavy atom. The van der Waals surface area contributed by atoms with Crippen molar-refractivity contribution in [3.8, 4) is 11.8 Å². The van der Waals surface area contributed by atoms with Gasteiger partial charge in [0.25, 0.3) is 5.69 Å². The van der Waals surface area contributed by atoms with E-state index in [1.54, 1.807) is 42.5 Å². The minimum atomic E-state index is -0.438. The summed E-state index contributed by atoms with van der Waals surface area (Å²) in [4.78, 5) is 10.3. The Morgan fingerprint density at radius 1 is 1.17 bits per heavy atom. The van der Waals surface area contributed by atoms with E-state index in [4.69, 9.17) is 16.3 Å². The number of nitriles is 1. The van der Waals surface area contributed by atoms with Gasteiger partial charge in [0.1, 0.15) is 12.4 Å². The summed E-state index contributed by atoms with van der Waals surface area (Å²) in [5.74, 6) is 0.627. The van der Waals surface area contributed by atoms with Gasteiger partial charge in [-0.25, -0.2) is 0 Å². The maximum absolute atomic E-state index is 10.7. The first-order valence-corrected chi connectivity index (χ1v) is 9.67. The Balaban J connectivity index is 1.74. The highest BCUT2D eigenvalue weighted by Crippen LogP contribution is 2.29. The highest BCUT2D eigenvalue weighted by Gasteiger charge is 2.07. The maximum Gasteiger partial charge on any atom is 0.269 e. The van der Waals surface area contributed by atoms with E-state index >= 15 is 0 Å². The monoisotopic (exact) mass is 468 g/mol. The molecule has 7 heteroatoms. The fourth-order valence-corrected chi connectivity index (χ4v) is 3.30. The summed E-state index contributed by atoms with van der Waals surface area (Å²) < 4.78 is 6.52. The third-order valence-corrected chi connectivity index (χ3v) is 4.92. The van der Waals surface area contributed by atoms with Gasteiger partial charge in [-0.2, -0.15) is 5.26 Å². The van der Waals surface area contributed by atoms with Crippen LogP contribution in [0.2, 0.25) is 5.02 Å². The fraction of sp³-hybridized carbons (Fsp3) is 0.0455. The second-order valence-electron chi connectivity index (χ2n) is 6.08. The smallest absolute Gasteiger partial charge is 0.269 e. The van der Waals surface area contributed by atoms with Crippen molar-refractivity contribution in [2.45, 2.75) is 6.61 Å². The molecule has 0 unspecified atom stereocenters. The van der Waals surface area contributed by atoms with Crippen LogP contribution in [0.15, 0.2) is 71.2 Å². The summed E-state index contributed by atoms with van der Waals surface area (Å²) in [6.45, 7) is 0.276. The van der Waals surface area contributed by atoms with E-state index in [0.717, 1.165) is 21.2 Å². The highest BCUT2D eigenvalue weighted by atomic mass is 79.9. The molecule has 0 fully saturated rings. The van der Waals surface area contributed by atoms with Gasteiger partial charge in [-0.3, -0.25) is 10.1 Å². The number of hydrogen-bond donors (Lipinski definition) is 0. The summed E-state index contributed by atoms with van der Waals surface area (Å²) in [5.41, 5.74) is 2.93. The second-order valence-corrected chi connectivity index (χ2v) is 7.37. The van der Waals surface area contributed by atoms with Crippen molar-refractivity contribution < 1.29 is 9.66 Å². The van der Waals surface area contributed by atoms with E-state index in [2.05, 4.69) is 22.0 Å². The number of benzene rings is 3. The lowest BCUT2D eigenvalue weighted by atomic mass is 10.0. The number of nitrogens with zero attached hydrogens (tertiary/aromatic N) is 2. The standard InChI is InChI=1S/C22H14BrClN2O3/c23-21-11-16(10-18(13-25)17-2-1-3-19(24)12-17)6-9-22(21)29-14-15-4-7-20(8-5-15)26(27)28/h1-12H,14H2/b18-10-. The van der Waals surface area contributed by atoms with Crippen molar-refractivity contribution >= 4 is 44.9 Å². The lowest BCUT2D eigenvalue weighted by Crippen LogP contribution is -1.97. The molecule has 0 radical (unpaired) electrons. The lowest BCUT2D eigenvalue weighted by molar-refractivity contribution is -0.384. The SMILES string of the molecule is N#C/C(=C/c1ccc(OCc2ccc([N+](=O)[O-])cc2)c(Br)c1)c1cccc(Cl)c1. The minimum absolute atomic E-state index is 0.0408. The largest absolute Gasteiger partial charge is 0.488 e. The van der Waals surface area contributed by atoms with Crippen LogP contribution in [0.25, 0.3) is 11.6 Å². The summed E-state index contributed by atoms with van der Waals surface area (Å²) in [6.07, 6.45) is 1.77. The van der Waals surface area contributed by atoms with E-state index < -0.39 is 4.92 Å². The number of rotatable bonds is 6. The van der Waals surface area contributed by atoms with Gasteiger partial charge >= 0.3 is 0 Å². The molecule has 0 saturated heterocycles. The number of allylic oxidation sites excluding steroid dienone is 1. The van der Waals surface area contributed by atoms with Gasteiger partial charge in [-0.1, -0.05) is 29.8 Å². The van der Waals surface area contributed by atoms with E-state index in [0.29, 0.717) is 16.3 Å². The summed E-state index contributed by atoms with van der Waals surface area (Å²) in [5, 5.41) is 20.8. The zero-order valence-corrected chi connectivity index (χ0v) is 17.4. The van der Waals surface area contributed by atoms with Crippen LogP contribution < -0.4 is 4.74 Å². The predicted molar refractivity (Wildman–Crippen MR) is 117 cm³/mol. The number of ether oxygens (including phenoxy) is 1. The van der Waals surface area contributed by atoms with Gasteiger partial charge in [-0.05, 0) is 75.1 Å². The van der Waals surface area contributed by atoms with Crippen LogP contribution >= 0.6 is 27.5 Å². The summed E-state index contributed by atoms with van der Waals surface area (Å²) in [7, 11) is 0. The van der Waals surface area contributed by atoms with Crippen LogP contribution in [0.5, 0.6) is 5.75 Å². The first-order chi connectivity index (χ1) is 14.0. The van der Waals surface area contributed by atoms with Gasteiger partial charge < -0.3 is 4.74 Å². The molecular formula is C22H14BrClN2O3. The van der Waals surface area contributed by atoms with Crippen molar-refractivity contribution in [1.82, 2.24) is 0 Å². The molecule has 0 aromatic heterocycles. The molecule has 0 aliphatic heterocycles. The topological polar surface area (TPSA) is 76.2 Å². The number of halogens is 2. The lowest BCUT2D eigenvalue weighted by Gasteiger charge is -2.09. The molecule has 0 saturated carbocycles. The molecule has 0 heterocycles. The highest BCUT2D eigenvalue weighted by molar-refractivity contribution is 9.10. The van der Waals surface area contributed by atoms with Crippen LogP contribution in [-0.4, -0.2) is 4.92 Å². The van der Waals surface area contributed by atoms with E-state index in [-0.39, 0.29) is 12.3 Å². The quantitative estimate of drug-likeness (QED) is 0.175. The van der Waals surface area contributed by atoms with Gasteiger partial charge in [0.2, 0.25) is 0 Å². The summed E-state index contributed by atoms with van der Waals surface area (Å²) >= 11 is 9.49.